The van der Waals surface area contributed by atoms with Gasteiger partial charge in [0.1, 0.15) is 0 Å². The Labute approximate surface area is 181 Å². The molecule has 28 heavy (non-hydrogen) atoms. The molecule has 0 N–H and O–H groups in total. The van der Waals surface area contributed by atoms with E-state index in [1.807, 2.05) is 6.92 Å². The molecule has 0 aromatic rings. The summed E-state index contributed by atoms with van der Waals surface area (Å²) in [4.78, 5) is 11.4. The third-order valence-corrected chi connectivity index (χ3v) is 5.73. The van der Waals surface area contributed by atoms with Gasteiger partial charge in [0.2, 0.25) is 0 Å². The normalized spacial score (nSPS) is 12.2. The van der Waals surface area contributed by atoms with Crippen LogP contribution >= 0.6 is 11.6 Å². The molecule has 0 aliphatic carbocycles. The van der Waals surface area contributed by atoms with Crippen LogP contribution in [0.2, 0.25) is 0 Å². The zero-order chi connectivity index (χ0) is 20.7. The second-order valence-corrected chi connectivity index (χ2v) is 9.30. The monoisotopic (exact) mass is 416 g/mol. The second kappa shape index (κ2) is 23.0. The van der Waals surface area contributed by atoms with E-state index in [1.54, 1.807) is 0 Å². The van der Waals surface area contributed by atoms with Crippen molar-refractivity contribution in [1.29, 1.82) is 0 Å². The minimum absolute atomic E-state index is 0.0534. The van der Waals surface area contributed by atoms with Crippen LogP contribution in [0.5, 0.6) is 0 Å². The molecule has 0 spiro atoms. The molecule has 0 aliphatic rings. The lowest BCUT2D eigenvalue weighted by Crippen LogP contribution is -2.07. The van der Waals surface area contributed by atoms with Crippen molar-refractivity contribution >= 4 is 17.6 Å². The Morgan fingerprint density at radius 2 is 1.04 bits per heavy atom. The lowest BCUT2D eigenvalue weighted by molar-refractivity contribution is -0.143. The molecule has 2 nitrogen and oxygen atoms in total. The summed E-state index contributed by atoms with van der Waals surface area (Å²) in [6.07, 6.45) is 25.9. The highest BCUT2D eigenvalue weighted by Crippen LogP contribution is 2.14. The Morgan fingerprint density at radius 1 is 0.679 bits per heavy atom. The third-order valence-electron chi connectivity index (χ3n) is 5.51. The van der Waals surface area contributed by atoms with E-state index in [1.165, 1.54) is 109 Å². The quantitative estimate of drug-likeness (QED) is 0.0998. The molecule has 0 aromatic heterocycles. The molecule has 0 radical (unpaired) electrons. The summed E-state index contributed by atoms with van der Waals surface area (Å²) in [5.41, 5.74) is 0. The predicted octanol–water partition coefficient (Wildman–Crippen LogP) is 8.98. The SMILES string of the molecule is CCCCCCCCCCCCCCCCCCCCOC(=O)CCC(C)Cl. The Morgan fingerprint density at radius 3 is 1.39 bits per heavy atom. The Kier molecular flexibility index (Phi) is 22.8. The molecule has 1 atom stereocenters. The predicted molar refractivity (Wildman–Crippen MR) is 124 cm³/mol. The molecule has 0 heterocycles. The third kappa shape index (κ3) is 23.8. The van der Waals surface area contributed by atoms with Gasteiger partial charge in [0.05, 0.1) is 6.61 Å². The number of alkyl halides is 1. The fraction of sp³-hybridized carbons (Fsp3) is 0.960. The largest absolute Gasteiger partial charge is 0.466 e. The average Bonchev–Trinajstić information content (AvgIpc) is 2.68. The molecule has 1 unspecified atom stereocenters. The first-order chi connectivity index (χ1) is 13.7. The van der Waals surface area contributed by atoms with Gasteiger partial charge in [-0.1, -0.05) is 116 Å². The highest BCUT2D eigenvalue weighted by molar-refractivity contribution is 6.20. The van der Waals surface area contributed by atoms with Crippen molar-refractivity contribution in [3.63, 3.8) is 0 Å². The molecule has 0 saturated carbocycles. The maximum Gasteiger partial charge on any atom is 0.305 e. The number of rotatable bonds is 22. The Balaban J connectivity index is 3.07. The smallest absolute Gasteiger partial charge is 0.305 e. The summed E-state index contributed by atoms with van der Waals surface area (Å²) in [7, 11) is 0. The van der Waals surface area contributed by atoms with Gasteiger partial charge in [-0.15, -0.1) is 11.6 Å². The van der Waals surface area contributed by atoms with E-state index in [9.17, 15) is 4.79 Å². The summed E-state index contributed by atoms with van der Waals surface area (Å²) in [6.45, 7) is 4.77. The van der Waals surface area contributed by atoms with E-state index < -0.39 is 0 Å². The van der Waals surface area contributed by atoms with Gasteiger partial charge in [0.25, 0.3) is 0 Å². The number of ether oxygens (including phenoxy) is 1. The van der Waals surface area contributed by atoms with Gasteiger partial charge in [-0.3, -0.25) is 4.79 Å². The van der Waals surface area contributed by atoms with Crippen LogP contribution in [0.25, 0.3) is 0 Å². The first kappa shape index (κ1) is 27.8. The molecule has 3 heteroatoms. The fourth-order valence-electron chi connectivity index (χ4n) is 3.58. The molecule has 0 bridgehead atoms. The standard InChI is InChI=1S/C25H49ClO2/c1-3-4-5-6-7-8-9-10-11-12-13-14-15-16-17-18-19-20-23-28-25(27)22-21-24(2)26/h24H,3-23H2,1-2H3. The van der Waals surface area contributed by atoms with Crippen molar-refractivity contribution in [3.8, 4) is 0 Å². The topological polar surface area (TPSA) is 26.3 Å². The number of hydrogen-bond acceptors (Lipinski definition) is 2. The number of carbonyl (C=O) groups excluding carboxylic acids is 1. The first-order valence-corrected chi connectivity index (χ1v) is 12.9. The van der Waals surface area contributed by atoms with Crippen molar-refractivity contribution in [2.24, 2.45) is 0 Å². The molecule has 0 amide bonds. The summed E-state index contributed by atoms with van der Waals surface area (Å²) in [5.74, 6) is -0.0977. The number of carbonyl (C=O) groups is 1. The lowest BCUT2D eigenvalue weighted by Gasteiger charge is -2.06. The number of unbranched alkanes of at least 4 members (excludes halogenated alkanes) is 17. The molecular weight excluding hydrogens is 368 g/mol. The molecule has 168 valence electrons. The number of hydrogen-bond donors (Lipinski definition) is 0. The van der Waals surface area contributed by atoms with Crippen molar-refractivity contribution in [1.82, 2.24) is 0 Å². The van der Waals surface area contributed by atoms with Gasteiger partial charge in [0.15, 0.2) is 0 Å². The summed E-state index contributed by atoms with van der Waals surface area (Å²) < 4.78 is 5.22. The summed E-state index contributed by atoms with van der Waals surface area (Å²) >= 11 is 5.83. The molecule has 0 aromatic carbocycles. The maximum absolute atomic E-state index is 11.4. The van der Waals surface area contributed by atoms with Crippen LogP contribution in [0.4, 0.5) is 0 Å². The van der Waals surface area contributed by atoms with E-state index in [0.717, 1.165) is 6.42 Å². The van der Waals surface area contributed by atoms with Gasteiger partial charge in [-0.05, 0) is 19.8 Å². The van der Waals surface area contributed by atoms with Crippen LogP contribution in [0.3, 0.4) is 0 Å². The van der Waals surface area contributed by atoms with E-state index in [0.29, 0.717) is 19.4 Å². The Bertz CT molecular complexity index is 318. The zero-order valence-electron chi connectivity index (χ0n) is 19.1. The van der Waals surface area contributed by atoms with Gasteiger partial charge in [-0.2, -0.15) is 0 Å². The highest BCUT2D eigenvalue weighted by Gasteiger charge is 2.05. The first-order valence-electron chi connectivity index (χ1n) is 12.5. The number of esters is 1. The van der Waals surface area contributed by atoms with Crippen molar-refractivity contribution in [2.45, 2.75) is 148 Å². The van der Waals surface area contributed by atoms with Gasteiger partial charge in [-0.25, -0.2) is 0 Å². The Hall–Kier alpha value is -0.240. The van der Waals surface area contributed by atoms with Crippen molar-refractivity contribution < 1.29 is 9.53 Å². The van der Waals surface area contributed by atoms with E-state index in [2.05, 4.69) is 6.92 Å². The summed E-state index contributed by atoms with van der Waals surface area (Å²) in [6, 6.07) is 0. The summed E-state index contributed by atoms with van der Waals surface area (Å²) in [5, 5.41) is 0.0534. The molecule has 0 fully saturated rings. The number of halogens is 1. The van der Waals surface area contributed by atoms with Crippen LogP contribution < -0.4 is 0 Å². The van der Waals surface area contributed by atoms with Gasteiger partial charge >= 0.3 is 5.97 Å². The van der Waals surface area contributed by atoms with E-state index in [4.69, 9.17) is 16.3 Å². The molecular formula is C25H49ClO2. The van der Waals surface area contributed by atoms with Gasteiger partial charge in [0, 0.05) is 11.8 Å². The van der Waals surface area contributed by atoms with Crippen molar-refractivity contribution in [2.75, 3.05) is 6.61 Å². The van der Waals surface area contributed by atoms with Crippen LogP contribution in [0.15, 0.2) is 0 Å². The van der Waals surface area contributed by atoms with Gasteiger partial charge < -0.3 is 4.74 Å². The zero-order valence-corrected chi connectivity index (χ0v) is 19.9. The highest BCUT2D eigenvalue weighted by atomic mass is 35.5. The van der Waals surface area contributed by atoms with Crippen LogP contribution in [0.1, 0.15) is 142 Å². The van der Waals surface area contributed by atoms with Crippen LogP contribution in [0, 0.1) is 0 Å². The van der Waals surface area contributed by atoms with Crippen LogP contribution in [-0.2, 0) is 9.53 Å². The second-order valence-electron chi connectivity index (χ2n) is 8.55. The molecule has 0 aliphatic heterocycles. The fourth-order valence-corrected chi connectivity index (χ4v) is 3.69. The van der Waals surface area contributed by atoms with E-state index in [-0.39, 0.29) is 11.3 Å². The maximum atomic E-state index is 11.4. The van der Waals surface area contributed by atoms with E-state index >= 15 is 0 Å². The average molecular weight is 417 g/mol. The van der Waals surface area contributed by atoms with Crippen molar-refractivity contribution in [3.05, 3.63) is 0 Å². The minimum atomic E-state index is -0.0977. The molecule has 0 rings (SSSR count). The van der Waals surface area contributed by atoms with Crippen LogP contribution in [-0.4, -0.2) is 18.0 Å². The molecule has 0 saturated heterocycles. The lowest BCUT2D eigenvalue weighted by atomic mass is 10.0. The minimum Gasteiger partial charge on any atom is -0.466 e.